The van der Waals surface area contributed by atoms with Crippen molar-refractivity contribution in [2.24, 2.45) is 0 Å². The van der Waals surface area contributed by atoms with Crippen molar-refractivity contribution in [1.82, 2.24) is 4.57 Å². The van der Waals surface area contributed by atoms with Crippen LogP contribution in [0.15, 0.2) is 231 Å². The van der Waals surface area contributed by atoms with Crippen LogP contribution in [0.2, 0.25) is 0 Å². The van der Waals surface area contributed by atoms with Crippen molar-refractivity contribution in [2.45, 2.75) is 0 Å². The number of anilines is 3. The largest absolute Gasteiger partial charge is 0.309 e. The maximum absolute atomic E-state index is 2.47. The Morgan fingerprint density at radius 3 is 1.54 bits per heavy atom. The van der Waals surface area contributed by atoms with Gasteiger partial charge in [-0.15, -0.1) is 0 Å². The minimum Gasteiger partial charge on any atom is -0.309 e. The summed E-state index contributed by atoms with van der Waals surface area (Å²) in [5, 5.41) is 2.40. The molecule has 1 aromatic heterocycles. The predicted molar refractivity (Wildman–Crippen MR) is 237 cm³/mol. The Labute approximate surface area is 327 Å². The van der Waals surface area contributed by atoms with Crippen LogP contribution >= 0.6 is 0 Å². The van der Waals surface area contributed by atoms with Gasteiger partial charge in [-0.1, -0.05) is 182 Å². The second kappa shape index (κ2) is 14.4. The maximum atomic E-state index is 2.47. The lowest BCUT2D eigenvalue weighted by molar-refractivity contribution is 1.18. The summed E-state index contributed by atoms with van der Waals surface area (Å²) in [5.41, 5.74) is 16.3. The van der Waals surface area contributed by atoms with Crippen LogP contribution in [-0.2, 0) is 0 Å². The van der Waals surface area contributed by atoms with E-state index >= 15 is 0 Å². The molecule has 10 rings (SSSR count). The van der Waals surface area contributed by atoms with E-state index in [-0.39, 0.29) is 0 Å². The summed E-state index contributed by atoms with van der Waals surface area (Å²) in [6.45, 7) is 0. The van der Waals surface area contributed by atoms with Crippen molar-refractivity contribution in [1.29, 1.82) is 0 Å². The predicted octanol–water partition coefficient (Wildman–Crippen LogP) is 14.9. The first-order chi connectivity index (χ1) is 27.8. The Morgan fingerprint density at radius 1 is 0.321 bits per heavy atom. The van der Waals surface area contributed by atoms with Gasteiger partial charge in [0.25, 0.3) is 0 Å². The lowest BCUT2D eigenvalue weighted by Gasteiger charge is -2.29. The number of hydrogen-bond donors (Lipinski definition) is 0. The van der Waals surface area contributed by atoms with E-state index in [1.165, 1.54) is 55.3 Å². The van der Waals surface area contributed by atoms with Crippen LogP contribution in [-0.4, -0.2) is 4.57 Å². The maximum Gasteiger partial charge on any atom is 0.0562 e. The third-order valence-electron chi connectivity index (χ3n) is 10.8. The summed E-state index contributed by atoms with van der Waals surface area (Å²) in [5.74, 6) is 0. The van der Waals surface area contributed by atoms with Crippen molar-refractivity contribution < 1.29 is 0 Å². The number of benzene rings is 9. The van der Waals surface area contributed by atoms with Gasteiger partial charge in [0, 0.05) is 27.6 Å². The summed E-state index contributed by atoms with van der Waals surface area (Å²) >= 11 is 0. The topological polar surface area (TPSA) is 8.17 Å². The molecule has 0 amide bonds. The molecule has 0 aliphatic heterocycles. The molecule has 0 unspecified atom stereocenters. The van der Waals surface area contributed by atoms with Crippen LogP contribution in [0, 0.1) is 0 Å². The number of para-hydroxylation sites is 2. The van der Waals surface area contributed by atoms with Gasteiger partial charge in [-0.05, 0) is 81.9 Å². The molecule has 0 atom stereocenters. The molecule has 0 bridgehead atoms. The molecular formula is C54H38N2. The van der Waals surface area contributed by atoms with E-state index in [4.69, 9.17) is 0 Å². The van der Waals surface area contributed by atoms with Crippen LogP contribution in [0.25, 0.3) is 72.0 Å². The molecule has 0 saturated heterocycles. The fourth-order valence-corrected chi connectivity index (χ4v) is 8.31. The molecule has 10 aromatic rings. The van der Waals surface area contributed by atoms with Gasteiger partial charge in [-0.3, -0.25) is 0 Å². The van der Waals surface area contributed by atoms with Gasteiger partial charge < -0.3 is 9.47 Å². The highest BCUT2D eigenvalue weighted by molar-refractivity contribution is 6.17. The smallest absolute Gasteiger partial charge is 0.0562 e. The van der Waals surface area contributed by atoms with Gasteiger partial charge in [0.15, 0.2) is 0 Å². The Bertz CT molecular complexity index is 2930. The standard InChI is InChI=1S/C54H38N2/c1-6-20-39(21-7-1)43-36-37-49(47(38-43)41-24-10-3-11-25-41)55(44-28-14-5-15-29-44)51-34-19-35-52-54(51)46-30-16-17-32-48(46)56(52)50-33-18-31-45(40-22-8-2-9-23-40)53(50)42-26-12-4-13-27-42/h1-38H. The molecular weight excluding hydrogens is 677 g/mol. The number of nitrogens with zero attached hydrogens (tertiary/aromatic N) is 2. The molecule has 2 heteroatoms. The van der Waals surface area contributed by atoms with Gasteiger partial charge in [-0.25, -0.2) is 0 Å². The summed E-state index contributed by atoms with van der Waals surface area (Å²) < 4.78 is 2.47. The van der Waals surface area contributed by atoms with Crippen molar-refractivity contribution in [3.8, 4) is 50.2 Å². The molecule has 264 valence electrons. The zero-order valence-electron chi connectivity index (χ0n) is 30.8. The minimum atomic E-state index is 1.09. The molecule has 0 aliphatic carbocycles. The fraction of sp³-hybridized carbons (Fsp3) is 0. The van der Waals surface area contributed by atoms with Crippen molar-refractivity contribution >= 4 is 38.9 Å². The van der Waals surface area contributed by atoms with E-state index in [0.717, 1.165) is 33.8 Å². The Hall–Kier alpha value is -7.42. The quantitative estimate of drug-likeness (QED) is 0.152. The minimum absolute atomic E-state index is 1.09. The van der Waals surface area contributed by atoms with E-state index in [9.17, 15) is 0 Å². The second-order valence-corrected chi connectivity index (χ2v) is 14.1. The van der Waals surface area contributed by atoms with Crippen molar-refractivity contribution in [3.63, 3.8) is 0 Å². The van der Waals surface area contributed by atoms with Crippen LogP contribution in [0.5, 0.6) is 0 Å². The first-order valence-corrected chi connectivity index (χ1v) is 19.2. The summed E-state index contributed by atoms with van der Waals surface area (Å²) in [7, 11) is 0. The molecule has 0 N–H and O–H groups in total. The molecule has 0 aliphatic rings. The fourth-order valence-electron chi connectivity index (χ4n) is 8.31. The highest BCUT2D eigenvalue weighted by Gasteiger charge is 2.25. The summed E-state index contributed by atoms with van der Waals surface area (Å²) in [6.07, 6.45) is 0. The number of rotatable bonds is 8. The third-order valence-corrected chi connectivity index (χ3v) is 10.8. The zero-order valence-corrected chi connectivity index (χ0v) is 30.8. The lowest BCUT2D eigenvalue weighted by atomic mass is 9.93. The highest BCUT2D eigenvalue weighted by atomic mass is 15.2. The van der Waals surface area contributed by atoms with E-state index in [2.05, 4.69) is 240 Å². The molecule has 0 fully saturated rings. The average molecular weight is 715 g/mol. The molecule has 9 aromatic carbocycles. The monoisotopic (exact) mass is 714 g/mol. The number of hydrogen-bond acceptors (Lipinski definition) is 1. The van der Waals surface area contributed by atoms with Gasteiger partial charge >= 0.3 is 0 Å². The molecule has 1 heterocycles. The van der Waals surface area contributed by atoms with Crippen LogP contribution in [0.4, 0.5) is 17.1 Å². The normalized spacial score (nSPS) is 11.2. The molecule has 0 radical (unpaired) electrons. The Morgan fingerprint density at radius 2 is 0.857 bits per heavy atom. The van der Waals surface area contributed by atoms with E-state index in [1.54, 1.807) is 0 Å². The van der Waals surface area contributed by atoms with Crippen molar-refractivity contribution in [2.75, 3.05) is 4.90 Å². The van der Waals surface area contributed by atoms with Gasteiger partial charge in [0.2, 0.25) is 0 Å². The summed E-state index contributed by atoms with van der Waals surface area (Å²) in [4.78, 5) is 2.45. The highest BCUT2D eigenvalue weighted by Crippen LogP contribution is 2.48. The second-order valence-electron chi connectivity index (χ2n) is 14.1. The molecule has 0 saturated carbocycles. The molecule has 56 heavy (non-hydrogen) atoms. The average Bonchev–Trinajstić information content (AvgIpc) is 3.63. The van der Waals surface area contributed by atoms with Gasteiger partial charge in [0.05, 0.1) is 28.1 Å². The van der Waals surface area contributed by atoms with Gasteiger partial charge in [-0.2, -0.15) is 0 Å². The van der Waals surface area contributed by atoms with Crippen LogP contribution < -0.4 is 4.90 Å². The first kappa shape index (κ1) is 33.2. The van der Waals surface area contributed by atoms with E-state index in [0.29, 0.717) is 0 Å². The lowest BCUT2D eigenvalue weighted by Crippen LogP contribution is -2.12. The SMILES string of the molecule is c1ccc(-c2ccc(N(c3ccccc3)c3cccc4c3c3ccccc3n4-c3cccc(-c4ccccc4)c3-c3ccccc3)c(-c3ccccc3)c2)cc1. The van der Waals surface area contributed by atoms with Crippen LogP contribution in [0.3, 0.4) is 0 Å². The first-order valence-electron chi connectivity index (χ1n) is 19.2. The number of fused-ring (bicyclic) bond motifs is 3. The van der Waals surface area contributed by atoms with Gasteiger partial charge in [0.1, 0.15) is 0 Å². The zero-order chi connectivity index (χ0) is 37.3. The molecule has 2 nitrogen and oxygen atoms in total. The van der Waals surface area contributed by atoms with Crippen molar-refractivity contribution in [3.05, 3.63) is 231 Å². The third kappa shape index (κ3) is 5.85. The number of aromatic nitrogens is 1. The Kier molecular flexibility index (Phi) is 8.55. The summed E-state index contributed by atoms with van der Waals surface area (Å²) in [6, 6.07) is 83.1. The van der Waals surface area contributed by atoms with E-state index < -0.39 is 0 Å². The van der Waals surface area contributed by atoms with Crippen LogP contribution in [0.1, 0.15) is 0 Å². The Balaban J connectivity index is 1.28. The molecule has 0 spiro atoms. The van der Waals surface area contributed by atoms with E-state index in [1.807, 2.05) is 0 Å².